The lowest BCUT2D eigenvalue weighted by Gasteiger charge is -2.29. The van der Waals surface area contributed by atoms with Gasteiger partial charge in [-0.3, -0.25) is 4.79 Å². The Balaban J connectivity index is 2.28. The number of alkyl halides is 1. The maximum atomic E-state index is 12.4. The van der Waals surface area contributed by atoms with E-state index in [1.807, 2.05) is 37.3 Å². The second-order valence-electron chi connectivity index (χ2n) is 4.94. The van der Waals surface area contributed by atoms with Gasteiger partial charge in [0.05, 0.1) is 5.54 Å². The number of hydrogen-bond acceptors (Lipinski definition) is 1. The van der Waals surface area contributed by atoms with Gasteiger partial charge in [-0.15, -0.1) is 0 Å². The van der Waals surface area contributed by atoms with Crippen molar-refractivity contribution in [2.24, 2.45) is 0 Å². The molecule has 2 aromatic rings. The summed E-state index contributed by atoms with van der Waals surface area (Å²) >= 11 is 15.4. The average molecular weight is 387 g/mol. The highest BCUT2D eigenvalue weighted by atomic mass is 79.9. The zero-order valence-corrected chi connectivity index (χ0v) is 14.5. The Morgan fingerprint density at radius 2 is 1.71 bits per heavy atom. The molecule has 1 unspecified atom stereocenters. The second kappa shape index (κ2) is 6.82. The summed E-state index contributed by atoms with van der Waals surface area (Å²) in [7, 11) is 0. The van der Waals surface area contributed by atoms with Crippen molar-refractivity contribution < 1.29 is 4.79 Å². The third kappa shape index (κ3) is 4.00. The molecule has 2 rings (SSSR count). The minimum absolute atomic E-state index is 0.217. The van der Waals surface area contributed by atoms with Gasteiger partial charge in [0.1, 0.15) is 0 Å². The lowest BCUT2D eigenvalue weighted by Crippen LogP contribution is -2.44. The molecule has 1 atom stereocenters. The first-order chi connectivity index (χ1) is 9.94. The van der Waals surface area contributed by atoms with E-state index in [1.54, 1.807) is 18.2 Å². The van der Waals surface area contributed by atoms with Crippen molar-refractivity contribution >= 4 is 45.0 Å². The Kier molecular flexibility index (Phi) is 5.31. The largest absolute Gasteiger partial charge is 0.342 e. The van der Waals surface area contributed by atoms with Gasteiger partial charge in [-0.25, -0.2) is 0 Å². The fourth-order valence-electron chi connectivity index (χ4n) is 2.00. The van der Waals surface area contributed by atoms with Crippen molar-refractivity contribution in [2.75, 3.05) is 5.33 Å². The Morgan fingerprint density at radius 3 is 2.24 bits per heavy atom. The SMILES string of the molecule is CC(CBr)(NC(=O)c1cc(Cl)cc(Cl)c1)c1ccccc1. The minimum atomic E-state index is -0.521. The molecule has 2 aromatic carbocycles. The molecule has 1 amide bonds. The van der Waals surface area contributed by atoms with E-state index in [0.29, 0.717) is 20.9 Å². The molecule has 0 spiro atoms. The predicted octanol–water partition coefficient (Wildman–Crippen LogP) is 5.03. The van der Waals surface area contributed by atoms with E-state index in [-0.39, 0.29) is 5.91 Å². The molecule has 0 aliphatic heterocycles. The van der Waals surface area contributed by atoms with Crippen LogP contribution < -0.4 is 5.32 Å². The summed E-state index contributed by atoms with van der Waals surface area (Å²) in [6, 6.07) is 14.6. The summed E-state index contributed by atoms with van der Waals surface area (Å²) in [6.07, 6.45) is 0. The van der Waals surface area contributed by atoms with Crippen molar-refractivity contribution in [3.05, 3.63) is 69.7 Å². The first kappa shape index (κ1) is 16.3. The van der Waals surface area contributed by atoms with Gasteiger partial charge in [-0.2, -0.15) is 0 Å². The summed E-state index contributed by atoms with van der Waals surface area (Å²) < 4.78 is 0. The molecule has 21 heavy (non-hydrogen) atoms. The van der Waals surface area contributed by atoms with Crippen LogP contribution in [0.15, 0.2) is 48.5 Å². The lowest BCUT2D eigenvalue weighted by molar-refractivity contribution is 0.0914. The fourth-order valence-corrected chi connectivity index (χ4v) is 2.99. The van der Waals surface area contributed by atoms with Crippen LogP contribution in [0.4, 0.5) is 0 Å². The summed E-state index contributed by atoms with van der Waals surface area (Å²) in [5.74, 6) is -0.217. The van der Waals surface area contributed by atoms with E-state index in [9.17, 15) is 4.79 Å². The number of benzene rings is 2. The smallest absolute Gasteiger partial charge is 0.252 e. The summed E-state index contributed by atoms with van der Waals surface area (Å²) in [5.41, 5.74) is 0.937. The van der Waals surface area contributed by atoms with Gasteiger partial charge in [0.25, 0.3) is 5.91 Å². The number of carbonyl (C=O) groups is 1. The molecule has 0 saturated carbocycles. The van der Waals surface area contributed by atoms with Crippen LogP contribution >= 0.6 is 39.1 Å². The van der Waals surface area contributed by atoms with Crippen LogP contribution in [0.25, 0.3) is 0 Å². The molecule has 0 fully saturated rings. The molecule has 1 N–H and O–H groups in total. The van der Waals surface area contributed by atoms with Gasteiger partial charge in [-0.1, -0.05) is 69.5 Å². The molecule has 110 valence electrons. The molecule has 0 bridgehead atoms. The molecule has 2 nitrogen and oxygen atoms in total. The zero-order valence-electron chi connectivity index (χ0n) is 11.4. The molecule has 0 aromatic heterocycles. The Bertz CT molecular complexity index is 628. The van der Waals surface area contributed by atoms with Crippen LogP contribution in [0.1, 0.15) is 22.8 Å². The molecular weight excluding hydrogens is 373 g/mol. The lowest BCUT2D eigenvalue weighted by atomic mass is 9.94. The second-order valence-corrected chi connectivity index (χ2v) is 6.38. The van der Waals surface area contributed by atoms with E-state index in [4.69, 9.17) is 23.2 Å². The van der Waals surface area contributed by atoms with Crippen LogP contribution in [-0.2, 0) is 5.54 Å². The van der Waals surface area contributed by atoms with E-state index >= 15 is 0 Å². The van der Waals surface area contributed by atoms with Gasteiger partial charge in [-0.05, 0) is 30.7 Å². The molecule has 0 saturated heterocycles. The maximum Gasteiger partial charge on any atom is 0.252 e. The molecule has 0 aliphatic carbocycles. The van der Waals surface area contributed by atoms with Crippen molar-refractivity contribution in [1.82, 2.24) is 5.32 Å². The van der Waals surface area contributed by atoms with Crippen LogP contribution in [-0.4, -0.2) is 11.2 Å². The van der Waals surface area contributed by atoms with Crippen molar-refractivity contribution in [3.8, 4) is 0 Å². The van der Waals surface area contributed by atoms with Crippen LogP contribution in [0.3, 0.4) is 0 Å². The highest BCUT2D eigenvalue weighted by Crippen LogP contribution is 2.25. The van der Waals surface area contributed by atoms with Crippen LogP contribution in [0.2, 0.25) is 10.0 Å². The van der Waals surface area contributed by atoms with Crippen molar-refractivity contribution in [1.29, 1.82) is 0 Å². The topological polar surface area (TPSA) is 29.1 Å². The standard InChI is InChI=1S/C16H14BrCl2NO/c1-16(10-17,12-5-3-2-4-6-12)20-15(21)11-7-13(18)9-14(19)8-11/h2-9H,10H2,1H3,(H,20,21). The third-order valence-electron chi connectivity index (χ3n) is 3.19. The number of nitrogens with one attached hydrogen (secondary N) is 1. The number of rotatable bonds is 4. The predicted molar refractivity (Wildman–Crippen MR) is 91.5 cm³/mol. The average Bonchev–Trinajstić information content (AvgIpc) is 2.47. The van der Waals surface area contributed by atoms with Gasteiger partial charge >= 0.3 is 0 Å². The number of amides is 1. The zero-order chi connectivity index (χ0) is 15.5. The minimum Gasteiger partial charge on any atom is -0.342 e. The highest BCUT2D eigenvalue weighted by Gasteiger charge is 2.27. The van der Waals surface area contributed by atoms with E-state index in [0.717, 1.165) is 5.56 Å². The Morgan fingerprint density at radius 1 is 1.14 bits per heavy atom. The van der Waals surface area contributed by atoms with E-state index in [2.05, 4.69) is 21.2 Å². The molecule has 0 radical (unpaired) electrons. The maximum absolute atomic E-state index is 12.4. The van der Waals surface area contributed by atoms with E-state index < -0.39 is 5.54 Å². The quantitative estimate of drug-likeness (QED) is 0.733. The summed E-state index contributed by atoms with van der Waals surface area (Å²) in [4.78, 5) is 12.4. The van der Waals surface area contributed by atoms with Crippen molar-refractivity contribution in [3.63, 3.8) is 0 Å². The van der Waals surface area contributed by atoms with Crippen LogP contribution in [0.5, 0.6) is 0 Å². The molecule has 5 heteroatoms. The number of carbonyl (C=O) groups excluding carboxylic acids is 1. The summed E-state index contributed by atoms with van der Waals surface area (Å²) in [5, 5.41) is 4.49. The number of halogens is 3. The van der Waals surface area contributed by atoms with Crippen molar-refractivity contribution in [2.45, 2.75) is 12.5 Å². The monoisotopic (exact) mass is 385 g/mol. The number of hydrogen-bond donors (Lipinski definition) is 1. The third-order valence-corrected chi connectivity index (χ3v) is 4.75. The summed E-state index contributed by atoms with van der Waals surface area (Å²) in [6.45, 7) is 1.96. The first-order valence-corrected chi connectivity index (χ1v) is 8.22. The molecular formula is C16H14BrCl2NO. The van der Waals surface area contributed by atoms with Gasteiger partial charge in [0.2, 0.25) is 0 Å². The van der Waals surface area contributed by atoms with Crippen LogP contribution in [0, 0.1) is 0 Å². The first-order valence-electron chi connectivity index (χ1n) is 6.35. The fraction of sp³-hybridized carbons (Fsp3) is 0.188. The van der Waals surface area contributed by atoms with Gasteiger partial charge in [0.15, 0.2) is 0 Å². The van der Waals surface area contributed by atoms with E-state index in [1.165, 1.54) is 0 Å². The molecule has 0 heterocycles. The Hall–Kier alpha value is -1.03. The normalized spacial score (nSPS) is 13.5. The Labute approximate surface area is 142 Å². The molecule has 0 aliphatic rings. The van der Waals surface area contributed by atoms with Gasteiger partial charge < -0.3 is 5.32 Å². The van der Waals surface area contributed by atoms with Gasteiger partial charge in [0, 0.05) is 20.9 Å². The highest BCUT2D eigenvalue weighted by molar-refractivity contribution is 9.09.